The maximum Gasteiger partial charge on any atom is 0.225 e. The van der Waals surface area contributed by atoms with Crippen LogP contribution >= 0.6 is 11.8 Å². The molecule has 0 bridgehead atoms. The lowest BCUT2D eigenvalue weighted by Crippen LogP contribution is -2.08. The van der Waals surface area contributed by atoms with Crippen molar-refractivity contribution in [3.05, 3.63) is 54.7 Å². The second-order valence-corrected chi connectivity index (χ2v) is 6.77. The first-order valence-electron chi connectivity index (χ1n) is 8.29. The third-order valence-electron chi connectivity index (χ3n) is 3.93. The smallest absolute Gasteiger partial charge is 0.225 e. The van der Waals surface area contributed by atoms with Crippen LogP contribution in [0.4, 0.5) is 17.5 Å². The van der Waals surface area contributed by atoms with Crippen molar-refractivity contribution < 1.29 is 0 Å². The number of anilines is 3. The van der Waals surface area contributed by atoms with Gasteiger partial charge in [-0.1, -0.05) is 18.2 Å². The highest BCUT2D eigenvalue weighted by molar-refractivity contribution is 7.98. The monoisotopic (exact) mass is 349 g/mol. The van der Waals surface area contributed by atoms with Gasteiger partial charge in [0.1, 0.15) is 5.82 Å². The third-order valence-corrected chi connectivity index (χ3v) is 4.73. The second-order valence-electron chi connectivity index (χ2n) is 5.92. The van der Waals surface area contributed by atoms with E-state index < -0.39 is 0 Å². The predicted molar refractivity (Wildman–Crippen MR) is 103 cm³/mol. The number of hydrogen-bond acceptors (Lipinski definition) is 6. The first kappa shape index (κ1) is 15.9. The number of benzene rings is 1. The van der Waals surface area contributed by atoms with Gasteiger partial charge in [0, 0.05) is 23.2 Å². The van der Waals surface area contributed by atoms with Crippen LogP contribution in [0.3, 0.4) is 0 Å². The lowest BCUT2D eigenvalue weighted by molar-refractivity contribution is 1.05. The molecule has 0 radical (unpaired) electrons. The van der Waals surface area contributed by atoms with E-state index >= 15 is 0 Å². The van der Waals surface area contributed by atoms with Gasteiger partial charge in [0.05, 0.1) is 17.1 Å². The van der Waals surface area contributed by atoms with Crippen LogP contribution in [0.1, 0.15) is 12.8 Å². The van der Waals surface area contributed by atoms with Gasteiger partial charge in [0.15, 0.2) is 0 Å². The van der Waals surface area contributed by atoms with Gasteiger partial charge in [-0.3, -0.25) is 4.98 Å². The molecule has 5 nitrogen and oxygen atoms in total. The van der Waals surface area contributed by atoms with Crippen LogP contribution < -0.4 is 10.6 Å². The molecule has 2 N–H and O–H groups in total. The Hall–Kier alpha value is -2.60. The zero-order valence-corrected chi connectivity index (χ0v) is 14.8. The summed E-state index contributed by atoms with van der Waals surface area (Å²) in [6.07, 6.45) is 6.20. The number of para-hydroxylation sites is 1. The van der Waals surface area contributed by atoms with E-state index in [1.54, 1.807) is 18.0 Å². The molecule has 1 saturated carbocycles. The van der Waals surface area contributed by atoms with E-state index in [-0.39, 0.29) is 0 Å². The van der Waals surface area contributed by atoms with Crippen LogP contribution in [-0.4, -0.2) is 27.2 Å². The highest BCUT2D eigenvalue weighted by atomic mass is 32.2. The number of pyridine rings is 1. The Bertz CT molecular complexity index is 865. The van der Waals surface area contributed by atoms with E-state index in [2.05, 4.69) is 44.0 Å². The molecular formula is C19H19N5S. The standard InChI is InChI=1S/C19H19N5S/c1-25-17-8-3-2-7-15(17)22-18-12-16(14-6-4-5-11-20-14)23-19(24-18)21-13-9-10-13/h2-8,11-13H,9-10H2,1H3,(H2,21,22,23,24). The Balaban J connectivity index is 1.70. The first-order chi connectivity index (χ1) is 12.3. The molecule has 0 saturated heterocycles. The van der Waals surface area contributed by atoms with Crippen molar-refractivity contribution in [1.82, 2.24) is 15.0 Å². The molecule has 0 aliphatic heterocycles. The van der Waals surface area contributed by atoms with Crippen LogP contribution in [0.5, 0.6) is 0 Å². The van der Waals surface area contributed by atoms with Crippen molar-refractivity contribution in [3.63, 3.8) is 0 Å². The Kier molecular flexibility index (Phi) is 4.52. The third kappa shape index (κ3) is 3.91. The molecule has 1 aliphatic carbocycles. The van der Waals surface area contributed by atoms with E-state index in [1.165, 1.54) is 17.7 Å². The highest BCUT2D eigenvalue weighted by Gasteiger charge is 2.22. The van der Waals surface area contributed by atoms with E-state index in [1.807, 2.05) is 36.4 Å². The van der Waals surface area contributed by atoms with Gasteiger partial charge in [-0.05, 0) is 43.4 Å². The summed E-state index contributed by atoms with van der Waals surface area (Å²) in [6.45, 7) is 0. The Morgan fingerprint density at radius 1 is 1.00 bits per heavy atom. The molecule has 2 heterocycles. The van der Waals surface area contributed by atoms with Crippen molar-refractivity contribution in [3.8, 4) is 11.4 Å². The summed E-state index contributed by atoms with van der Waals surface area (Å²) in [4.78, 5) is 14.9. The Labute approximate surface area is 151 Å². The Morgan fingerprint density at radius 2 is 1.84 bits per heavy atom. The summed E-state index contributed by atoms with van der Waals surface area (Å²) < 4.78 is 0. The number of thioether (sulfide) groups is 1. The number of rotatable bonds is 6. The number of aromatic nitrogens is 3. The van der Waals surface area contributed by atoms with E-state index in [0.717, 1.165) is 22.9 Å². The number of nitrogens with zero attached hydrogens (tertiary/aromatic N) is 3. The van der Waals surface area contributed by atoms with E-state index in [0.29, 0.717) is 12.0 Å². The lowest BCUT2D eigenvalue weighted by atomic mass is 10.2. The van der Waals surface area contributed by atoms with Crippen LogP contribution in [0.25, 0.3) is 11.4 Å². The summed E-state index contributed by atoms with van der Waals surface area (Å²) in [5.41, 5.74) is 2.69. The minimum atomic E-state index is 0.491. The lowest BCUT2D eigenvalue weighted by Gasteiger charge is -2.12. The van der Waals surface area contributed by atoms with Gasteiger partial charge in [0.2, 0.25) is 5.95 Å². The second kappa shape index (κ2) is 7.11. The average Bonchev–Trinajstić information content (AvgIpc) is 3.47. The van der Waals surface area contributed by atoms with Gasteiger partial charge >= 0.3 is 0 Å². The van der Waals surface area contributed by atoms with Gasteiger partial charge in [-0.15, -0.1) is 11.8 Å². The average molecular weight is 349 g/mol. The fourth-order valence-corrected chi connectivity index (χ4v) is 3.07. The molecule has 25 heavy (non-hydrogen) atoms. The summed E-state index contributed by atoms with van der Waals surface area (Å²) in [7, 11) is 0. The highest BCUT2D eigenvalue weighted by Crippen LogP contribution is 2.30. The predicted octanol–water partition coefficient (Wildman–Crippen LogP) is 4.58. The summed E-state index contributed by atoms with van der Waals surface area (Å²) in [6, 6.07) is 16.5. The van der Waals surface area contributed by atoms with Crippen molar-refractivity contribution in [2.45, 2.75) is 23.8 Å². The number of hydrogen-bond donors (Lipinski definition) is 2. The SMILES string of the molecule is CSc1ccccc1Nc1cc(-c2ccccn2)nc(NC2CC2)n1. The van der Waals surface area contributed by atoms with Crippen LogP contribution in [0, 0.1) is 0 Å². The van der Waals surface area contributed by atoms with Gasteiger partial charge in [-0.25, -0.2) is 4.98 Å². The fraction of sp³-hybridized carbons (Fsp3) is 0.211. The molecule has 4 rings (SSSR count). The number of nitrogens with one attached hydrogen (secondary N) is 2. The molecule has 0 unspecified atom stereocenters. The fourth-order valence-electron chi connectivity index (χ4n) is 2.52. The quantitative estimate of drug-likeness (QED) is 0.635. The van der Waals surface area contributed by atoms with E-state index in [4.69, 9.17) is 0 Å². The van der Waals surface area contributed by atoms with Gasteiger partial charge in [0.25, 0.3) is 0 Å². The molecule has 1 aliphatic rings. The molecular weight excluding hydrogens is 330 g/mol. The normalized spacial score (nSPS) is 13.5. The zero-order chi connectivity index (χ0) is 17.1. The topological polar surface area (TPSA) is 62.7 Å². The van der Waals surface area contributed by atoms with Crippen molar-refractivity contribution in [2.24, 2.45) is 0 Å². The first-order valence-corrected chi connectivity index (χ1v) is 9.51. The van der Waals surface area contributed by atoms with Gasteiger partial charge < -0.3 is 10.6 Å². The van der Waals surface area contributed by atoms with Crippen molar-refractivity contribution >= 4 is 29.2 Å². The van der Waals surface area contributed by atoms with Crippen LogP contribution in [-0.2, 0) is 0 Å². The summed E-state index contributed by atoms with van der Waals surface area (Å²) in [5.74, 6) is 1.41. The molecule has 0 atom stereocenters. The maximum atomic E-state index is 4.64. The van der Waals surface area contributed by atoms with E-state index in [9.17, 15) is 0 Å². The Morgan fingerprint density at radius 3 is 2.60 bits per heavy atom. The molecule has 1 fully saturated rings. The molecule has 6 heteroatoms. The molecule has 0 spiro atoms. The zero-order valence-electron chi connectivity index (χ0n) is 13.9. The molecule has 1 aromatic carbocycles. The maximum absolute atomic E-state index is 4.64. The minimum absolute atomic E-state index is 0.491. The molecule has 2 aromatic heterocycles. The molecule has 3 aromatic rings. The summed E-state index contributed by atoms with van der Waals surface area (Å²) >= 11 is 1.71. The van der Waals surface area contributed by atoms with Gasteiger partial charge in [-0.2, -0.15) is 4.98 Å². The van der Waals surface area contributed by atoms with Crippen LogP contribution in [0.2, 0.25) is 0 Å². The largest absolute Gasteiger partial charge is 0.351 e. The van der Waals surface area contributed by atoms with Crippen molar-refractivity contribution in [1.29, 1.82) is 0 Å². The molecule has 126 valence electrons. The molecule has 0 amide bonds. The minimum Gasteiger partial charge on any atom is -0.351 e. The van der Waals surface area contributed by atoms with Crippen LogP contribution in [0.15, 0.2) is 59.6 Å². The van der Waals surface area contributed by atoms with Crippen molar-refractivity contribution in [2.75, 3.05) is 16.9 Å². The summed E-state index contributed by atoms with van der Waals surface area (Å²) in [5, 5.41) is 6.81.